The van der Waals surface area contributed by atoms with Crippen LogP contribution in [0.3, 0.4) is 0 Å². The SMILES string of the molecule is CCC1(CC)CCN(CCOc2ccc(N)cc2)C1. The third-order valence-electron chi connectivity index (χ3n) is 4.57. The highest BCUT2D eigenvalue weighted by Crippen LogP contribution is 2.36. The first-order chi connectivity index (χ1) is 9.17. The van der Waals surface area contributed by atoms with Crippen LogP contribution in [0.5, 0.6) is 5.75 Å². The first-order valence-electron chi connectivity index (χ1n) is 7.38. The molecule has 2 rings (SSSR count). The van der Waals surface area contributed by atoms with Gasteiger partial charge in [0.25, 0.3) is 0 Å². The minimum Gasteiger partial charge on any atom is -0.492 e. The molecule has 3 heteroatoms. The lowest BCUT2D eigenvalue weighted by atomic mass is 9.82. The van der Waals surface area contributed by atoms with Crippen LogP contribution in [0, 0.1) is 5.41 Å². The standard InChI is InChI=1S/C16H26N2O/c1-3-16(4-2)9-10-18(13-16)11-12-19-15-7-5-14(17)6-8-15/h5-8H,3-4,9-13,17H2,1-2H3. The lowest BCUT2D eigenvalue weighted by molar-refractivity contribution is 0.204. The van der Waals surface area contributed by atoms with Crippen molar-refractivity contribution in [2.75, 3.05) is 32.0 Å². The summed E-state index contributed by atoms with van der Waals surface area (Å²) in [6, 6.07) is 7.62. The molecule has 1 aliphatic rings. The van der Waals surface area contributed by atoms with Crippen LogP contribution in [0.1, 0.15) is 33.1 Å². The molecule has 1 aliphatic heterocycles. The average Bonchev–Trinajstić information content (AvgIpc) is 2.85. The average molecular weight is 262 g/mol. The molecule has 1 heterocycles. The van der Waals surface area contributed by atoms with Crippen LogP contribution in [-0.2, 0) is 0 Å². The molecule has 0 unspecified atom stereocenters. The van der Waals surface area contributed by atoms with Gasteiger partial charge in [0.05, 0.1) is 0 Å². The predicted molar refractivity (Wildman–Crippen MR) is 80.4 cm³/mol. The Bertz CT molecular complexity index is 384. The number of hydrogen-bond donors (Lipinski definition) is 1. The van der Waals surface area contributed by atoms with E-state index in [9.17, 15) is 0 Å². The number of anilines is 1. The van der Waals surface area contributed by atoms with Crippen LogP contribution < -0.4 is 10.5 Å². The number of rotatable bonds is 6. The molecule has 106 valence electrons. The quantitative estimate of drug-likeness (QED) is 0.800. The molecule has 0 aromatic heterocycles. The molecule has 0 spiro atoms. The minimum atomic E-state index is 0.557. The molecular formula is C16H26N2O. The summed E-state index contributed by atoms with van der Waals surface area (Å²) in [5.74, 6) is 0.908. The maximum atomic E-state index is 5.76. The van der Waals surface area contributed by atoms with Gasteiger partial charge in [0.1, 0.15) is 12.4 Å². The summed E-state index contributed by atoms with van der Waals surface area (Å²) in [5.41, 5.74) is 6.99. The van der Waals surface area contributed by atoms with Gasteiger partial charge in [-0.3, -0.25) is 4.90 Å². The zero-order valence-electron chi connectivity index (χ0n) is 12.2. The van der Waals surface area contributed by atoms with E-state index >= 15 is 0 Å². The topological polar surface area (TPSA) is 38.5 Å². The van der Waals surface area contributed by atoms with E-state index in [1.54, 1.807) is 0 Å². The van der Waals surface area contributed by atoms with Crippen LogP contribution in [0.2, 0.25) is 0 Å². The molecule has 2 N–H and O–H groups in total. The van der Waals surface area contributed by atoms with Crippen molar-refractivity contribution < 1.29 is 4.74 Å². The van der Waals surface area contributed by atoms with E-state index in [-0.39, 0.29) is 0 Å². The number of benzene rings is 1. The number of nitrogens with zero attached hydrogens (tertiary/aromatic N) is 1. The van der Waals surface area contributed by atoms with Gasteiger partial charge in [0, 0.05) is 18.8 Å². The van der Waals surface area contributed by atoms with E-state index in [1.807, 2.05) is 24.3 Å². The molecular weight excluding hydrogens is 236 g/mol. The van der Waals surface area contributed by atoms with Crippen molar-refractivity contribution >= 4 is 5.69 Å². The van der Waals surface area contributed by atoms with E-state index < -0.39 is 0 Å². The van der Waals surface area contributed by atoms with E-state index in [0.717, 1.165) is 24.6 Å². The third-order valence-corrected chi connectivity index (χ3v) is 4.57. The van der Waals surface area contributed by atoms with E-state index in [1.165, 1.54) is 32.4 Å². The lowest BCUT2D eigenvalue weighted by Gasteiger charge is -2.26. The Labute approximate surface area is 116 Å². The first-order valence-corrected chi connectivity index (χ1v) is 7.38. The fraction of sp³-hybridized carbons (Fsp3) is 0.625. The van der Waals surface area contributed by atoms with Gasteiger partial charge in [-0.15, -0.1) is 0 Å². The van der Waals surface area contributed by atoms with Gasteiger partial charge in [-0.25, -0.2) is 0 Å². The normalized spacial score (nSPS) is 18.6. The second-order valence-corrected chi connectivity index (χ2v) is 5.65. The molecule has 0 atom stereocenters. The third kappa shape index (κ3) is 3.63. The second-order valence-electron chi connectivity index (χ2n) is 5.65. The maximum Gasteiger partial charge on any atom is 0.119 e. The molecule has 1 aromatic rings. The first kappa shape index (κ1) is 14.2. The summed E-state index contributed by atoms with van der Waals surface area (Å²) < 4.78 is 5.76. The van der Waals surface area contributed by atoms with E-state index in [2.05, 4.69) is 18.7 Å². The Balaban J connectivity index is 1.74. The van der Waals surface area contributed by atoms with Crippen molar-refractivity contribution in [1.82, 2.24) is 4.90 Å². The summed E-state index contributed by atoms with van der Waals surface area (Å²) >= 11 is 0. The summed E-state index contributed by atoms with van der Waals surface area (Å²) in [6.07, 6.45) is 3.92. The van der Waals surface area contributed by atoms with Crippen molar-refractivity contribution in [3.63, 3.8) is 0 Å². The maximum absolute atomic E-state index is 5.76. The molecule has 0 bridgehead atoms. The zero-order valence-corrected chi connectivity index (χ0v) is 12.2. The van der Waals surface area contributed by atoms with Crippen molar-refractivity contribution in [3.8, 4) is 5.75 Å². The molecule has 19 heavy (non-hydrogen) atoms. The molecule has 1 saturated heterocycles. The summed E-state index contributed by atoms with van der Waals surface area (Å²) in [7, 11) is 0. The summed E-state index contributed by atoms with van der Waals surface area (Å²) in [4.78, 5) is 2.53. The van der Waals surface area contributed by atoms with Crippen LogP contribution >= 0.6 is 0 Å². The highest BCUT2D eigenvalue weighted by molar-refractivity contribution is 5.41. The van der Waals surface area contributed by atoms with Crippen LogP contribution in [-0.4, -0.2) is 31.1 Å². The Morgan fingerprint density at radius 2 is 1.89 bits per heavy atom. The van der Waals surface area contributed by atoms with Gasteiger partial charge in [-0.2, -0.15) is 0 Å². The Hall–Kier alpha value is -1.22. The number of nitrogens with two attached hydrogens (primary N) is 1. The monoisotopic (exact) mass is 262 g/mol. The van der Waals surface area contributed by atoms with Gasteiger partial charge in [0.15, 0.2) is 0 Å². The van der Waals surface area contributed by atoms with Crippen molar-refractivity contribution in [2.45, 2.75) is 33.1 Å². The van der Waals surface area contributed by atoms with Gasteiger partial charge in [0.2, 0.25) is 0 Å². The smallest absolute Gasteiger partial charge is 0.119 e. The van der Waals surface area contributed by atoms with E-state index in [4.69, 9.17) is 10.5 Å². The van der Waals surface area contributed by atoms with Gasteiger partial charge >= 0.3 is 0 Å². The van der Waals surface area contributed by atoms with Crippen molar-refractivity contribution in [2.24, 2.45) is 5.41 Å². The molecule has 0 aliphatic carbocycles. The van der Waals surface area contributed by atoms with Gasteiger partial charge in [-0.1, -0.05) is 13.8 Å². The molecule has 0 saturated carbocycles. The zero-order chi connectivity index (χ0) is 13.7. The molecule has 1 aromatic carbocycles. The summed E-state index contributed by atoms with van der Waals surface area (Å²) in [6.45, 7) is 8.85. The van der Waals surface area contributed by atoms with Crippen molar-refractivity contribution in [1.29, 1.82) is 0 Å². The Kier molecular flexibility index (Phi) is 4.70. The second kappa shape index (κ2) is 6.29. The highest BCUT2D eigenvalue weighted by Gasteiger charge is 2.34. The number of nitrogen functional groups attached to an aromatic ring is 1. The van der Waals surface area contributed by atoms with Crippen LogP contribution in [0.4, 0.5) is 5.69 Å². The summed E-state index contributed by atoms with van der Waals surface area (Å²) in [5, 5.41) is 0. The van der Waals surface area contributed by atoms with Crippen molar-refractivity contribution in [3.05, 3.63) is 24.3 Å². The van der Waals surface area contributed by atoms with Gasteiger partial charge < -0.3 is 10.5 Å². The van der Waals surface area contributed by atoms with Crippen LogP contribution in [0.25, 0.3) is 0 Å². The number of likely N-dealkylation sites (tertiary alicyclic amines) is 1. The fourth-order valence-corrected chi connectivity index (χ4v) is 2.90. The molecule has 0 amide bonds. The minimum absolute atomic E-state index is 0.557. The Morgan fingerprint density at radius 3 is 2.47 bits per heavy atom. The Morgan fingerprint density at radius 1 is 1.21 bits per heavy atom. The molecule has 0 radical (unpaired) electrons. The number of hydrogen-bond acceptors (Lipinski definition) is 3. The predicted octanol–water partition coefficient (Wildman–Crippen LogP) is 3.16. The number of ether oxygens (including phenoxy) is 1. The largest absolute Gasteiger partial charge is 0.492 e. The fourth-order valence-electron chi connectivity index (χ4n) is 2.90. The lowest BCUT2D eigenvalue weighted by Crippen LogP contribution is -2.29. The van der Waals surface area contributed by atoms with Gasteiger partial charge in [-0.05, 0) is 55.5 Å². The van der Waals surface area contributed by atoms with Crippen LogP contribution in [0.15, 0.2) is 24.3 Å². The van der Waals surface area contributed by atoms with E-state index in [0.29, 0.717) is 5.41 Å². The highest BCUT2D eigenvalue weighted by atomic mass is 16.5. The molecule has 1 fully saturated rings. The molecule has 3 nitrogen and oxygen atoms in total.